The maximum absolute atomic E-state index is 5.94. The quantitative estimate of drug-likeness (QED) is 0.787. The number of anilines is 2. The summed E-state index contributed by atoms with van der Waals surface area (Å²) in [6, 6.07) is 11.2. The van der Waals surface area contributed by atoms with Crippen molar-refractivity contribution in [1.29, 1.82) is 0 Å². The Morgan fingerprint density at radius 2 is 1.92 bits per heavy atom. The van der Waals surface area contributed by atoms with Crippen LogP contribution in [0.5, 0.6) is 0 Å². The Hall–Kier alpha value is -1.41. The summed E-state index contributed by atoms with van der Waals surface area (Å²) in [5.74, 6) is 0.688. The smallest absolute Gasteiger partial charge is 0.197 e. The zero-order valence-corrected chi connectivity index (χ0v) is 7.58. The molecule has 1 N–H and O–H groups in total. The molecular weight excluding hydrogens is 186 g/mol. The average Bonchev–Trinajstić information content (AvgIpc) is 2.61. The van der Waals surface area contributed by atoms with Gasteiger partial charge in [0, 0.05) is 6.07 Å². The zero-order valence-electron chi connectivity index (χ0n) is 6.83. The van der Waals surface area contributed by atoms with E-state index in [2.05, 4.69) is 5.32 Å². The van der Waals surface area contributed by atoms with Crippen LogP contribution in [0.2, 0.25) is 5.02 Å². The molecule has 0 aliphatic carbocycles. The van der Waals surface area contributed by atoms with Crippen LogP contribution in [-0.2, 0) is 0 Å². The minimum absolute atomic E-state index is 0.680. The zero-order chi connectivity index (χ0) is 9.10. The molecule has 0 amide bonds. The van der Waals surface area contributed by atoms with Gasteiger partial charge >= 0.3 is 0 Å². The van der Waals surface area contributed by atoms with Gasteiger partial charge in [0.2, 0.25) is 0 Å². The molecule has 0 unspecified atom stereocenters. The van der Waals surface area contributed by atoms with Crippen molar-refractivity contribution in [2.45, 2.75) is 0 Å². The topological polar surface area (TPSA) is 25.2 Å². The average molecular weight is 194 g/mol. The summed E-state index contributed by atoms with van der Waals surface area (Å²) in [6.07, 6.45) is 1.61. The van der Waals surface area contributed by atoms with Crippen LogP contribution < -0.4 is 5.32 Å². The highest BCUT2D eigenvalue weighted by Crippen LogP contribution is 2.24. The van der Waals surface area contributed by atoms with Crippen molar-refractivity contribution in [3.63, 3.8) is 0 Å². The number of furan rings is 1. The van der Waals surface area contributed by atoms with E-state index in [0.717, 1.165) is 5.69 Å². The fraction of sp³-hybridized carbons (Fsp3) is 0. The van der Waals surface area contributed by atoms with Crippen molar-refractivity contribution in [3.05, 3.63) is 47.7 Å². The van der Waals surface area contributed by atoms with Gasteiger partial charge in [-0.15, -0.1) is 0 Å². The lowest BCUT2D eigenvalue weighted by Gasteiger charge is -2.03. The number of rotatable bonds is 2. The third-order valence-electron chi connectivity index (χ3n) is 1.65. The molecule has 2 nitrogen and oxygen atoms in total. The number of hydrogen-bond donors (Lipinski definition) is 1. The third-order valence-corrected chi connectivity index (χ3v) is 1.98. The second-order valence-electron chi connectivity index (χ2n) is 2.58. The Labute approximate surface area is 81.1 Å². The lowest BCUT2D eigenvalue weighted by Crippen LogP contribution is -1.87. The molecule has 66 valence electrons. The highest BCUT2D eigenvalue weighted by molar-refractivity contribution is 6.33. The molecule has 0 saturated heterocycles. The van der Waals surface area contributed by atoms with Gasteiger partial charge < -0.3 is 9.73 Å². The van der Waals surface area contributed by atoms with Gasteiger partial charge in [-0.1, -0.05) is 23.7 Å². The minimum atomic E-state index is 0.680. The molecule has 0 aliphatic heterocycles. The molecule has 13 heavy (non-hydrogen) atoms. The van der Waals surface area contributed by atoms with Gasteiger partial charge in [-0.05, 0) is 18.2 Å². The van der Waals surface area contributed by atoms with Crippen molar-refractivity contribution in [2.75, 3.05) is 5.32 Å². The summed E-state index contributed by atoms with van der Waals surface area (Å²) in [7, 11) is 0. The molecule has 0 fully saturated rings. The molecule has 0 atom stereocenters. The molecular formula is C10H8ClNO. The van der Waals surface area contributed by atoms with Crippen molar-refractivity contribution in [3.8, 4) is 0 Å². The Kier molecular flexibility index (Phi) is 2.23. The summed E-state index contributed by atoms with van der Waals surface area (Å²) in [5.41, 5.74) is 0.846. The summed E-state index contributed by atoms with van der Waals surface area (Å²) >= 11 is 5.94. The van der Waals surface area contributed by atoms with Gasteiger partial charge in [0.25, 0.3) is 0 Å². The van der Waals surface area contributed by atoms with Crippen molar-refractivity contribution in [2.24, 2.45) is 0 Å². The highest BCUT2D eigenvalue weighted by Gasteiger charge is 1.99. The van der Waals surface area contributed by atoms with Crippen molar-refractivity contribution in [1.82, 2.24) is 0 Å². The molecule has 3 heteroatoms. The molecule has 0 aliphatic rings. The van der Waals surface area contributed by atoms with Crippen molar-refractivity contribution < 1.29 is 4.42 Å². The number of benzene rings is 1. The monoisotopic (exact) mass is 193 g/mol. The number of halogens is 1. The molecule has 2 aromatic rings. The minimum Gasteiger partial charge on any atom is -0.449 e. The van der Waals surface area contributed by atoms with E-state index in [4.69, 9.17) is 16.0 Å². The fourth-order valence-electron chi connectivity index (χ4n) is 1.04. The molecule has 0 saturated carbocycles. The maximum atomic E-state index is 5.94. The normalized spacial score (nSPS) is 9.92. The Balaban J connectivity index is 2.24. The first kappa shape index (κ1) is 8.20. The van der Waals surface area contributed by atoms with Crippen LogP contribution in [0.25, 0.3) is 0 Å². The molecule has 1 aromatic heterocycles. The number of hydrogen-bond acceptors (Lipinski definition) is 2. The fourth-order valence-corrected chi connectivity index (χ4v) is 1.23. The predicted molar refractivity (Wildman–Crippen MR) is 53.4 cm³/mol. The SMILES string of the molecule is Clc1ccccc1Nc1ccco1. The highest BCUT2D eigenvalue weighted by atomic mass is 35.5. The number of para-hydroxylation sites is 1. The van der Waals surface area contributed by atoms with Crippen LogP contribution in [0, 0.1) is 0 Å². The van der Waals surface area contributed by atoms with E-state index in [1.807, 2.05) is 36.4 Å². The molecule has 0 spiro atoms. The third kappa shape index (κ3) is 1.84. The van der Waals surface area contributed by atoms with E-state index in [-0.39, 0.29) is 0 Å². The number of nitrogens with one attached hydrogen (secondary N) is 1. The van der Waals surface area contributed by atoms with Crippen LogP contribution in [0.1, 0.15) is 0 Å². The summed E-state index contributed by atoms with van der Waals surface area (Å²) < 4.78 is 5.12. The Bertz CT molecular complexity index is 384. The first-order valence-corrected chi connectivity index (χ1v) is 4.29. The van der Waals surface area contributed by atoms with Crippen LogP contribution in [0.15, 0.2) is 47.1 Å². The molecule has 1 heterocycles. The van der Waals surface area contributed by atoms with Gasteiger partial charge in [0.05, 0.1) is 17.0 Å². The first-order chi connectivity index (χ1) is 6.36. The second kappa shape index (κ2) is 3.54. The predicted octanol–water partition coefficient (Wildman–Crippen LogP) is 3.68. The first-order valence-electron chi connectivity index (χ1n) is 3.91. The summed E-state index contributed by atoms with van der Waals surface area (Å²) in [6.45, 7) is 0. The summed E-state index contributed by atoms with van der Waals surface area (Å²) in [5, 5.41) is 3.73. The van der Waals surface area contributed by atoms with E-state index < -0.39 is 0 Å². The largest absolute Gasteiger partial charge is 0.449 e. The van der Waals surface area contributed by atoms with E-state index in [9.17, 15) is 0 Å². The van der Waals surface area contributed by atoms with Gasteiger partial charge in [0.1, 0.15) is 0 Å². The Morgan fingerprint density at radius 3 is 2.62 bits per heavy atom. The van der Waals surface area contributed by atoms with Crippen LogP contribution in [-0.4, -0.2) is 0 Å². The maximum Gasteiger partial charge on any atom is 0.197 e. The lowest BCUT2D eigenvalue weighted by atomic mass is 10.3. The molecule has 2 rings (SSSR count). The Morgan fingerprint density at radius 1 is 1.08 bits per heavy atom. The molecule has 0 bridgehead atoms. The van der Waals surface area contributed by atoms with Gasteiger partial charge in [-0.2, -0.15) is 0 Å². The van der Waals surface area contributed by atoms with Gasteiger partial charge in [-0.25, -0.2) is 0 Å². The van der Waals surface area contributed by atoms with E-state index >= 15 is 0 Å². The second-order valence-corrected chi connectivity index (χ2v) is 2.99. The van der Waals surface area contributed by atoms with E-state index in [0.29, 0.717) is 10.9 Å². The standard InChI is InChI=1S/C10H8ClNO/c11-8-4-1-2-5-9(8)12-10-6-3-7-13-10/h1-7,12H. The molecule has 0 radical (unpaired) electrons. The van der Waals surface area contributed by atoms with Crippen molar-refractivity contribution >= 4 is 23.2 Å². The van der Waals surface area contributed by atoms with Crippen LogP contribution in [0.4, 0.5) is 11.6 Å². The molecule has 1 aromatic carbocycles. The van der Waals surface area contributed by atoms with Crippen LogP contribution >= 0.6 is 11.6 Å². The summed E-state index contributed by atoms with van der Waals surface area (Å²) in [4.78, 5) is 0. The lowest BCUT2D eigenvalue weighted by molar-refractivity contribution is 0.585. The van der Waals surface area contributed by atoms with E-state index in [1.54, 1.807) is 6.26 Å². The van der Waals surface area contributed by atoms with Crippen LogP contribution in [0.3, 0.4) is 0 Å². The van der Waals surface area contributed by atoms with Gasteiger partial charge in [0.15, 0.2) is 5.88 Å². The van der Waals surface area contributed by atoms with E-state index in [1.165, 1.54) is 0 Å². The van der Waals surface area contributed by atoms with Gasteiger partial charge in [-0.3, -0.25) is 0 Å².